The normalized spacial score (nSPS) is 11.7. The van der Waals surface area contributed by atoms with Crippen LogP contribution in [0.4, 0.5) is 13.2 Å². The lowest BCUT2D eigenvalue weighted by atomic mass is 10.1. The van der Waals surface area contributed by atoms with Crippen LogP contribution in [0.25, 0.3) is 5.65 Å². The number of fused-ring (bicyclic) bond motifs is 1. The van der Waals surface area contributed by atoms with E-state index in [2.05, 4.69) is 10.3 Å². The molecular weight excluding hydrogens is 331 g/mol. The van der Waals surface area contributed by atoms with Crippen LogP contribution >= 0.6 is 0 Å². The Kier molecular flexibility index (Phi) is 4.48. The van der Waals surface area contributed by atoms with Gasteiger partial charge in [0.15, 0.2) is 0 Å². The van der Waals surface area contributed by atoms with Crippen LogP contribution in [0, 0.1) is 6.92 Å². The summed E-state index contributed by atoms with van der Waals surface area (Å²) in [6.45, 7) is 1.99. The fraction of sp³-hybridized carbons (Fsp3) is 0.222. The highest BCUT2D eigenvalue weighted by atomic mass is 19.4. The van der Waals surface area contributed by atoms with Crippen LogP contribution in [0.5, 0.6) is 0 Å². The first-order valence-corrected chi connectivity index (χ1v) is 7.74. The molecule has 3 aromatic rings. The molecule has 0 saturated heterocycles. The molecule has 4 nitrogen and oxygen atoms in total. The van der Waals surface area contributed by atoms with Crippen molar-refractivity contribution in [1.29, 1.82) is 0 Å². The Morgan fingerprint density at radius 2 is 1.88 bits per heavy atom. The molecule has 0 bridgehead atoms. The summed E-state index contributed by atoms with van der Waals surface area (Å²) in [6, 6.07) is 11.8. The number of aryl methyl sites for hydroxylation is 1. The number of benzene rings is 1. The monoisotopic (exact) mass is 347 g/mol. The molecule has 3 rings (SSSR count). The van der Waals surface area contributed by atoms with Crippen LogP contribution in [0.2, 0.25) is 0 Å². The highest BCUT2D eigenvalue weighted by molar-refractivity contribution is 5.94. The molecule has 7 heteroatoms. The van der Waals surface area contributed by atoms with E-state index in [1.807, 2.05) is 30.3 Å². The molecule has 2 aromatic heterocycles. The predicted molar refractivity (Wildman–Crippen MR) is 87.4 cm³/mol. The number of halogens is 3. The molecule has 0 aliphatic heterocycles. The number of hydrogen-bond donors (Lipinski definition) is 1. The summed E-state index contributed by atoms with van der Waals surface area (Å²) in [6.07, 6.45) is -2.94. The van der Waals surface area contributed by atoms with E-state index in [1.54, 1.807) is 6.92 Å². The van der Waals surface area contributed by atoms with Gasteiger partial charge in [-0.05, 0) is 31.0 Å². The van der Waals surface area contributed by atoms with Gasteiger partial charge in [0, 0.05) is 12.7 Å². The van der Waals surface area contributed by atoms with Crippen molar-refractivity contribution in [2.24, 2.45) is 0 Å². The molecule has 0 saturated carbocycles. The minimum absolute atomic E-state index is 0.120. The van der Waals surface area contributed by atoms with Gasteiger partial charge in [0.2, 0.25) is 0 Å². The van der Waals surface area contributed by atoms with Crippen LogP contribution in [-0.4, -0.2) is 21.8 Å². The van der Waals surface area contributed by atoms with E-state index < -0.39 is 17.6 Å². The number of aromatic nitrogens is 2. The van der Waals surface area contributed by atoms with Crippen LogP contribution in [0.15, 0.2) is 48.7 Å². The highest BCUT2D eigenvalue weighted by Crippen LogP contribution is 2.29. The minimum Gasteiger partial charge on any atom is -0.350 e. The second-order valence-corrected chi connectivity index (χ2v) is 5.68. The molecule has 0 unspecified atom stereocenters. The number of carbonyl (C=O) groups excluding carboxylic acids is 1. The van der Waals surface area contributed by atoms with E-state index in [-0.39, 0.29) is 5.69 Å². The largest absolute Gasteiger partial charge is 0.417 e. The third-order valence-electron chi connectivity index (χ3n) is 3.88. The lowest BCUT2D eigenvalue weighted by Gasteiger charge is -2.09. The van der Waals surface area contributed by atoms with Crippen LogP contribution in [-0.2, 0) is 12.6 Å². The summed E-state index contributed by atoms with van der Waals surface area (Å²) in [4.78, 5) is 16.6. The summed E-state index contributed by atoms with van der Waals surface area (Å²) in [5.74, 6) is -0.444. The number of amides is 1. The van der Waals surface area contributed by atoms with Crippen LogP contribution in [0.3, 0.4) is 0 Å². The number of nitrogens with zero attached hydrogens (tertiary/aromatic N) is 2. The molecule has 0 aliphatic carbocycles. The molecule has 0 atom stereocenters. The second-order valence-electron chi connectivity index (χ2n) is 5.68. The van der Waals surface area contributed by atoms with E-state index in [4.69, 9.17) is 0 Å². The zero-order valence-electron chi connectivity index (χ0n) is 13.5. The summed E-state index contributed by atoms with van der Waals surface area (Å²) in [7, 11) is 0. The Hall–Kier alpha value is -2.83. The fourth-order valence-electron chi connectivity index (χ4n) is 2.65. The lowest BCUT2D eigenvalue weighted by Crippen LogP contribution is -2.27. The second kappa shape index (κ2) is 6.58. The summed E-state index contributed by atoms with van der Waals surface area (Å²) >= 11 is 0. The quantitative estimate of drug-likeness (QED) is 0.783. The average molecular weight is 347 g/mol. The van der Waals surface area contributed by atoms with E-state index in [0.29, 0.717) is 24.3 Å². The summed E-state index contributed by atoms with van der Waals surface area (Å²) in [5.41, 5.74) is 1.05. The molecular formula is C18H16F3N3O. The molecule has 0 fully saturated rings. The summed E-state index contributed by atoms with van der Waals surface area (Å²) in [5, 5.41) is 2.74. The maximum absolute atomic E-state index is 12.9. The predicted octanol–water partition coefficient (Wildman–Crippen LogP) is 3.63. The van der Waals surface area contributed by atoms with Crippen molar-refractivity contribution in [3.05, 3.63) is 71.2 Å². The van der Waals surface area contributed by atoms with Crippen molar-refractivity contribution in [3.8, 4) is 0 Å². The standard InChI is InChI=1S/C18H16F3N3O/c1-12-16(17(25)22-10-9-13-5-3-2-4-6-13)24-11-14(18(19,20)21)7-8-15(24)23-12/h2-8,11H,9-10H2,1H3,(H,22,25). The molecule has 2 heterocycles. The zero-order valence-corrected chi connectivity index (χ0v) is 13.5. The Bertz CT molecular complexity index is 901. The number of carbonyl (C=O) groups is 1. The van der Waals surface area contributed by atoms with Crippen molar-refractivity contribution < 1.29 is 18.0 Å². The highest BCUT2D eigenvalue weighted by Gasteiger charge is 2.31. The van der Waals surface area contributed by atoms with Gasteiger partial charge in [0.25, 0.3) is 5.91 Å². The first-order chi connectivity index (χ1) is 11.9. The van der Waals surface area contributed by atoms with Gasteiger partial charge in [-0.2, -0.15) is 13.2 Å². The minimum atomic E-state index is -4.48. The Balaban J connectivity index is 1.81. The molecule has 1 amide bonds. The van der Waals surface area contributed by atoms with Crippen molar-refractivity contribution in [2.75, 3.05) is 6.54 Å². The third-order valence-corrected chi connectivity index (χ3v) is 3.88. The van der Waals surface area contributed by atoms with Gasteiger partial charge in [-0.3, -0.25) is 9.20 Å². The van der Waals surface area contributed by atoms with E-state index in [0.717, 1.165) is 17.8 Å². The smallest absolute Gasteiger partial charge is 0.350 e. The van der Waals surface area contributed by atoms with Gasteiger partial charge in [-0.15, -0.1) is 0 Å². The van der Waals surface area contributed by atoms with Gasteiger partial charge < -0.3 is 5.32 Å². The van der Waals surface area contributed by atoms with Gasteiger partial charge >= 0.3 is 6.18 Å². The Morgan fingerprint density at radius 3 is 2.56 bits per heavy atom. The molecule has 0 radical (unpaired) electrons. The summed E-state index contributed by atoms with van der Waals surface area (Å²) < 4.78 is 39.9. The SMILES string of the molecule is Cc1nc2ccc(C(F)(F)F)cn2c1C(=O)NCCc1ccccc1. The maximum atomic E-state index is 12.9. The number of alkyl halides is 3. The lowest BCUT2D eigenvalue weighted by molar-refractivity contribution is -0.137. The van der Waals surface area contributed by atoms with Crippen molar-refractivity contribution >= 4 is 11.6 Å². The molecule has 1 aromatic carbocycles. The molecule has 0 spiro atoms. The van der Waals surface area contributed by atoms with Gasteiger partial charge in [0.05, 0.1) is 11.3 Å². The van der Waals surface area contributed by atoms with E-state index in [1.165, 1.54) is 10.5 Å². The molecule has 25 heavy (non-hydrogen) atoms. The van der Waals surface area contributed by atoms with Gasteiger partial charge in [0.1, 0.15) is 11.3 Å². The van der Waals surface area contributed by atoms with Crippen molar-refractivity contribution in [1.82, 2.24) is 14.7 Å². The first-order valence-electron chi connectivity index (χ1n) is 7.74. The van der Waals surface area contributed by atoms with Crippen molar-refractivity contribution in [2.45, 2.75) is 19.5 Å². The zero-order chi connectivity index (χ0) is 18.0. The average Bonchev–Trinajstić information content (AvgIpc) is 2.90. The fourth-order valence-corrected chi connectivity index (χ4v) is 2.65. The van der Waals surface area contributed by atoms with Gasteiger partial charge in [-0.1, -0.05) is 30.3 Å². The van der Waals surface area contributed by atoms with Crippen molar-refractivity contribution in [3.63, 3.8) is 0 Å². The Morgan fingerprint density at radius 1 is 1.16 bits per heavy atom. The van der Waals surface area contributed by atoms with Crippen LogP contribution in [0.1, 0.15) is 27.3 Å². The first kappa shape index (κ1) is 17.0. The van der Waals surface area contributed by atoms with Gasteiger partial charge in [-0.25, -0.2) is 4.98 Å². The molecule has 130 valence electrons. The molecule has 0 aliphatic rings. The maximum Gasteiger partial charge on any atom is 0.417 e. The van der Waals surface area contributed by atoms with E-state index >= 15 is 0 Å². The van der Waals surface area contributed by atoms with Crippen LogP contribution < -0.4 is 5.32 Å². The number of nitrogens with one attached hydrogen (secondary N) is 1. The number of rotatable bonds is 4. The third kappa shape index (κ3) is 3.65. The molecule has 1 N–H and O–H groups in total. The number of hydrogen-bond acceptors (Lipinski definition) is 2. The van der Waals surface area contributed by atoms with E-state index in [9.17, 15) is 18.0 Å². The number of imidazole rings is 1. The number of pyridine rings is 1. The topological polar surface area (TPSA) is 46.4 Å². The Labute approximate surface area is 142 Å².